The number of fused-ring (bicyclic) bond motifs is 1. The molecule has 2 N–H and O–H groups in total. The predicted molar refractivity (Wildman–Crippen MR) is 145 cm³/mol. The Kier molecular flexibility index (Phi) is 7.21. The number of rotatable bonds is 5. The van der Waals surface area contributed by atoms with E-state index in [1.54, 1.807) is 24.3 Å². The molecule has 5 rings (SSSR count). The summed E-state index contributed by atoms with van der Waals surface area (Å²) < 4.78 is 13.9. The highest BCUT2D eigenvalue weighted by Crippen LogP contribution is 2.46. The fourth-order valence-corrected chi connectivity index (χ4v) is 5.91. The van der Waals surface area contributed by atoms with E-state index in [0.29, 0.717) is 40.1 Å². The number of benzene rings is 3. The Hall–Kier alpha value is -3.00. The molecule has 0 spiro atoms. The molecule has 3 aromatic carbocycles. The van der Waals surface area contributed by atoms with Crippen molar-refractivity contribution in [1.82, 2.24) is 5.32 Å². The zero-order valence-corrected chi connectivity index (χ0v) is 21.9. The van der Waals surface area contributed by atoms with Crippen molar-refractivity contribution in [3.05, 3.63) is 75.0 Å². The number of amides is 2. The zero-order valence-electron chi connectivity index (χ0n) is 19.6. The molecule has 0 unspecified atom stereocenters. The lowest BCUT2D eigenvalue weighted by Crippen LogP contribution is -2.42. The summed E-state index contributed by atoms with van der Waals surface area (Å²) in [4.78, 5) is 28.0. The number of urea groups is 1. The van der Waals surface area contributed by atoms with Crippen molar-refractivity contribution in [2.24, 2.45) is 5.92 Å². The summed E-state index contributed by atoms with van der Waals surface area (Å²) in [6.45, 7) is 1.55. The molecule has 1 fully saturated rings. The highest BCUT2D eigenvalue weighted by molar-refractivity contribution is 6.40. The molecule has 0 aromatic heterocycles. The van der Waals surface area contributed by atoms with Crippen molar-refractivity contribution in [3.63, 3.8) is 0 Å². The number of nitrogens with one attached hydrogen (secondary N) is 1. The normalized spacial score (nSPS) is 15.9. The van der Waals surface area contributed by atoms with Crippen LogP contribution < -0.4 is 15.1 Å². The topological polar surface area (TPSA) is 72.9 Å². The molecule has 2 aliphatic heterocycles. The molecular formula is C27H23Cl3FN3O3. The molecule has 0 aliphatic carbocycles. The third-order valence-corrected chi connectivity index (χ3v) is 7.82. The van der Waals surface area contributed by atoms with E-state index < -0.39 is 11.8 Å². The fourth-order valence-electron chi connectivity index (χ4n) is 5.08. The van der Waals surface area contributed by atoms with Crippen LogP contribution in [0.25, 0.3) is 11.1 Å². The van der Waals surface area contributed by atoms with Gasteiger partial charge in [-0.2, -0.15) is 0 Å². The van der Waals surface area contributed by atoms with E-state index in [-0.39, 0.29) is 29.9 Å². The first-order valence-electron chi connectivity index (χ1n) is 11.8. The molecule has 0 radical (unpaired) electrons. The van der Waals surface area contributed by atoms with Gasteiger partial charge in [-0.15, -0.1) is 0 Å². The number of anilines is 3. The van der Waals surface area contributed by atoms with Gasteiger partial charge in [0, 0.05) is 42.9 Å². The number of carbonyl (C=O) groups excluding carboxylic acids is 1. The average Bonchev–Trinajstić information content (AvgIpc) is 2.85. The van der Waals surface area contributed by atoms with E-state index in [4.69, 9.17) is 34.8 Å². The minimum atomic E-state index is -0.793. The summed E-state index contributed by atoms with van der Waals surface area (Å²) >= 11 is 19.5. The number of aliphatic carboxylic acids is 1. The smallest absolute Gasteiger partial charge is 0.326 e. The van der Waals surface area contributed by atoms with Gasteiger partial charge >= 0.3 is 12.0 Å². The molecule has 2 heterocycles. The molecule has 0 atom stereocenters. The second-order valence-corrected chi connectivity index (χ2v) is 10.4. The quantitative estimate of drug-likeness (QED) is 0.338. The van der Waals surface area contributed by atoms with Crippen LogP contribution in [0, 0.1) is 11.7 Å². The van der Waals surface area contributed by atoms with Crippen LogP contribution in [-0.4, -0.2) is 30.2 Å². The van der Waals surface area contributed by atoms with Gasteiger partial charge in [0.15, 0.2) is 0 Å². The SMILES string of the molecule is O=C(O)CC1CCN(c2cc(-c3ccc(F)cc3Cl)c3c(c2)N(c2c(Cl)cccc2Cl)C(=O)NC3)CC1. The highest BCUT2D eigenvalue weighted by Gasteiger charge is 2.32. The summed E-state index contributed by atoms with van der Waals surface area (Å²) in [5.74, 6) is -1.13. The van der Waals surface area contributed by atoms with Gasteiger partial charge in [-0.3, -0.25) is 9.69 Å². The van der Waals surface area contributed by atoms with Crippen LogP contribution in [0.5, 0.6) is 0 Å². The van der Waals surface area contributed by atoms with Gasteiger partial charge in [-0.25, -0.2) is 9.18 Å². The standard InChI is InChI=1S/C27H23Cl3FN3O3/c28-21-2-1-3-22(29)26(21)34-24-13-17(33-8-6-15(7-9-33)10-25(35)36)12-19(20(24)14-32-27(34)37)18-5-4-16(31)11-23(18)30/h1-5,11-13,15H,6-10,14H2,(H,32,37)(H,35,36). The monoisotopic (exact) mass is 561 g/mol. The maximum atomic E-state index is 13.9. The summed E-state index contributed by atoms with van der Waals surface area (Å²) in [6.07, 6.45) is 1.61. The number of nitrogens with zero attached hydrogens (tertiary/aromatic N) is 2. The summed E-state index contributed by atoms with van der Waals surface area (Å²) in [6, 6.07) is 12.8. The molecule has 1 saturated heterocycles. The van der Waals surface area contributed by atoms with E-state index in [1.807, 2.05) is 12.1 Å². The van der Waals surface area contributed by atoms with Crippen LogP contribution in [0.3, 0.4) is 0 Å². The number of halogens is 4. The Morgan fingerprint density at radius 3 is 2.35 bits per heavy atom. The number of hydrogen-bond acceptors (Lipinski definition) is 3. The molecule has 0 saturated carbocycles. The first-order chi connectivity index (χ1) is 17.7. The van der Waals surface area contributed by atoms with Crippen molar-refractivity contribution in [2.45, 2.75) is 25.8 Å². The number of carboxylic acids is 1. The van der Waals surface area contributed by atoms with Crippen LogP contribution in [0.15, 0.2) is 48.5 Å². The van der Waals surface area contributed by atoms with Gasteiger partial charge in [0.25, 0.3) is 0 Å². The van der Waals surface area contributed by atoms with Crippen LogP contribution in [0.4, 0.5) is 26.2 Å². The van der Waals surface area contributed by atoms with E-state index in [2.05, 4.69) is 10.2 Å². The number of hydrogen-bond donors (Lipinski definition) is 2. The number of para-hydroxylation sites is 1. The molecule has 3 aromatic rings. The Balaban J connectivity index is 1.66. The average molecular weight is 563 g/mol. The largest absolute Gasteiger partial charge is 0.481 e. The molecule has 0 bridgehead atoms. The number of carbonyl (C=O) groups is 2. The van der Waals surface area contributed by atoms with Gasteiger partial charge in [0.2, 0.25) is 0 Å². The molecule has 2 aliphatic rings. The third kappa shape index (κ3) is 5.08. The van der Waals surface area contributed by atoms with Gasteiger partial charge in [0.05, 0.1) is 26.4 Å². The van der Waals surface area contributed by atoms with E-state index in [1.165, 1.54) is 17.0 Å². The molecule has 2 amide bonds. The first kappa shape index (κ1) is 25.6. The van der Waals surface area contributed by atoms with Gasteiger partial charge in [0.1, 0.15) is 5.82 Å². The molecule has 37 heavy (non-hydrogen) atoms. The second kappa shape index (κ2) is 10.4. The number of piperidine rings is 1. The molecule has 10 heteroatoms. The van der Waals surface area contributed by atoms with Gasteiger partial charge < -0.3 is 15.3 Å². The van der Waals surface area contributed by atoms with Crippen molar-refractivity contribution in [2.75, 3.05) is 22.9 Å². The summed E-state index contributed by atoms with van der Waals surface area (Å²) in [7, 11) is 0. The molecule has 6 nitrogen and oxygen atoms in total. The van der Waals surface area contributed by atoms with Crippen molar-refractivity contribution in [3.8, 4) is 11.1 Å². The Morgan fingerprint density at radius 2 is 1.70 bits per heavy atom. The van der Waals surface area contributed by atoms with Crippen molar-refractivity contribution >= 4 is 63.9 Å². The van der Waals surface area contributed by atoms with Crippen molar-refractivity contribution < 1.29 is 19.1 Å². The van der Waals surface area contributed by atoms with Crippen LogP contribution in [-0.2, 0) is 11.3 Å². The van der Waals surface area contributed by atoms with Crippen molar-refractivity contribution in [1.29, 1.82) is 0 Å². The van der Waals surface area contributed by atoms with E-state index >= 15 is 0 Å². The van der Waals surface area contributed by atoms with Crippen LogP contribution in [0.2, 0.25) is 15.1 Å². The van der Waals surface area contributed by atoms with E-state index in [9.17, 15) is 19.1 Å². The Morgan fingerprint density at radius 1 is 1.00 bits per heavy atom. The third-order valence-electron chi connectivity index (χ3n) is 6.90. The van der Waals surface area contributed by atoms with Gasteiger partial charge in [-0.1, -0.05) is 40.9 Å². The lowest BCUT2D eigenvalue weighted by molar-refractivity contribution is -0.138. The van der Waals surface area contributed by atoms with Crippen LogP contribution >= 0.6 is 34.8 Å². The minimum Gasteiger partial charge on any atom is -0.481 e. The second-order valence-electron chi connectivity index (χ2n) is 9.21. The Bertz CT molecular complexity index is 1370. The first-order valence-corrected chi connectivity index (χ1v) is 13.0. The number of carboxylic acid groups (broad SMARTS) is 1. The van der Waals surface area contributed by atoms with Crippen LogP contribution in [0.1, 0.15) is 24.8 Å². The molecule has 192 valence electrons. The zero-order chi connectivity index (χ0) is 26.3. The minimum absolute atomic E-state index is 0.113. The summed E-state index contributed by atoms with van der Waals surface area (Å²) in [5.41, 5.74) is 3.96. The summed E-state index contributed by atoms with van der Waals surface area (Å²) in [5, 5.41) is 12.9. The molecular weight excluding hydrogens is 540 g/mol. The lowest BCUT2D eigenvalue weighted by atomic mass is 9.91. The maximum absolute atomic E-state index is 13.9. The fraction of sp³-hybridized carbons (Fsp3) is 0.259. The highest BCUT2D eigenvalue weighted by atomic mass is 35.5. The Labute approximate surface area is 228 Å². The van der Waals surface area contributed by atoms with Gasteiger partial charge in [-0.05, 0) is 66.8 Å². The maximum Gasteiger partial charge on any atom is 0.326 e. The van der Waals surface area contributed by atoms with E-state index in [0.717, 1.165) is 29.7 Å². The predicted octanol–water partition coefficient (Wildman–Crippen LogP) is 7.51. The lowest BCUT2D eigenvalue weighted by Gasteiger charge is -2.37.